The predicted octanol–water partition coefficient (Wildman–Crippen LogP) is 2.83. The van der Waals surface area contributed by atoms with Crippen LogP contribution in [0.2, 0.25) is 0 Å². The monoisotopic (exact) mass is 359 g/mol. The Hall–Kier alpha value is -2.65. The molecule has 0 fully saturated rings. The maximum atomic E-state index is 12.8. The minimum absolute atomic E-state index is 0.118. The van der Waals surface area contributed by atoms with Crippen molar-refractivity contribution >= 4 is 38.3 Å². The van der Waals surface area contributed by atoms with Crippen LogP contribution in [-0.2, 0) is 17.1 Å². The summed E-state index contributed by atoms with van der Waals surface area (Å²) >= 11 is 1.44. The highest BCUT2D eigenvalue weighted by Crippen LogP contribution is 2.30. The van der Waals surface area contributed by atoms with E-state index in [-0.39, 0.29) is 10.8 Å². The van der Waals surface area contributed by atoms with Crippen molar-refractivity contribution in [3.63, 3.8) is 0 Å². The lowest BCUT2D eigenvalue weighted by Crippen LogP contribution is -2.14. The van der Waals surface area contributed by atoms with Gasteiger partial charge in [-0.05, 0) is 23.6 Å². The van der Waals surface area contributed by atoms with E-state index in [4.69, 9.17) is 0 Å². The van der Waals surface area contributed by atoms with Gasteiger partial charge in [0.1, 0.15) is 10.6 Å². The molecule has 4 rings (SSSR count). The first-order valence-electron chi connectivity index (χ1n) is 7.08. The van der Waals surface area contributed by atoms with E-state index in [1.165, 1.54) is 22.2 Å². The molecule has 0 saturated carbocycles. The second kappa shape index (κ2) is 5.46. The van der Waals surface area contributed by atoms with Crippen LogP contribution < -0.4 is 4.72 Å². The van der Waals surface area contributed by atoms with Crippen LogP contribution in [0, 0.1) is 0 Å². The van der Waals surface area contributed by atoms with Crippen LogP contribution in [0.4, 0.5) is 5.95 Å². The normalized spacial score (nSPS) is 11.9. The number of H-pyrrole nitrogens is 1. The minimum Gasteiger partial charge on any atom is -0.323 e. The number of para-hydroxylation sites is 2. The van der Waals surface area contributed by atoms with Gasteiger partial charge in [-0.3, -0.25) is 4.68 Å². The van der Waals surface area contributed by atoms with Gasteiger partial charge in [-0.25, -0.2) is 18.1 Å². The van der Waals surface area contributed by atoms with Crippen LogP contribution in [0.15, 0.2) is 52.9 Å². The number of fused-ring (bicyclic) bond motifs is 1. The highest BCUT2D eigenvalue weighted by atomic mass is 32.2. The molecule has 2 N–H and O–H groups in total. The molecule has 0 saturated heterocycles. The molecule has 0 aliphatic heterocycles. The van der Waals surface area contributed by atoms with Crippen molar-refractivity contribution in [2.75, 3.05) is 4.72 Å². The minimum atomic E-state index is -3.82. The van der Waals surface area contributed by atoms with E-state index in [9.17, 15) is 8.42 Å². The van der Waals surface area contributed by atoms with E-state index in [1.54, 1.807) is 7.05 Å². The number of hydrogen-bond acceptors (Lipinski definition) is 5. The quantitative estimate of drug-likeness (QED) is 0.586. The Morgan fingerprint density at radius 3 is 2.79 bits per heavy atom. The molecular formula is C15H13N5O2S2. The summed E-state index contributed by atoms with van der Waals surface area (Å²) in [6.45, 7) is 0. The Bertz CT molecular complexity index is 1080. The van der Waals surface area contributed by atoms with Crippen molar-refractivity contribution in [2.45, 2.75) is 4.90 Å². The highest BCUT2D eigenvalue weighted by Gasteiger charge is 2.24. The topological polar surface area (TPSA) is 92.7 Å². The summed E-state index contributed by atoms with van der Waals surface area (Å²) in [5.41, 5.74) is 1.89. The average molecular weight is 359 g/mol. The number of nitrogens with one attached hydrogen (secondary N) is 2. The highest BCUT2D eigenvalue weighted by molar-refractivity contribution is 7.92. The van der Waals surface area contributed by atoms with E-state index < -0.39 is 10.0 Å². The maximum absolute atomic E-state index is 12.8. The van der Waals surface area contributed by atoms with Crippen molar-refractivity contribution in [1.29, 1.82) is 0 Å². The summed E-state index contributed by atoms with van der Waals surface area (Å²) < 4.78 is 29.6. The van der Waals surface area contributed by atoms with Gasteiger partial charge in [-0.1, -0.05) is 18.2 Å². The molecule has 0 unspecified atom stereocenters. The number of sulfonamides is 1. The van der Waals surface area contributed by atoms with Crippen LogP contribution in [0.5, 0.6) is 0 Å². The van der Waals surface area contributed by atoms with E-state index in [1.807, 2.05) is 41.8 Å². The molecule has 0 aliphatic rings. The van der Waals surface area contributed by atoms with Crippen molar-refractivity contribution < 1.29 is 8.42 Å². The third-order valence-electron chi connectivity index (χ3n) is 3.46. The SMILES string of the molecule is Cn1cc(S(=O)(=O)Nc2nc3ccccc3[nH]2)c(-c2cccs2)n1. The van der Waals surface area contributed by atoms with Gasteiger partial charge in [0.15, 0.2) is 0 Å². The number of hydrogen-bond donors (Lipinski definition) is 2. The van der Waals surface area contributed by atoms with E-state index >= 15 is 0 Å². The number of aryl methyl sites for hydroxylation is 1. The van der Waals surface area contributed by atoms with Crippen LogP contribution >= 0.6 is 11.3 Å². The van der Waals surface area contributed by atoms with Crippen LogP contribution in [0.25, 0.3) is 21.6 Å². The molecule has 122 valence electrons. The van der Waals surface area contributed by atoms with Crippen LogP contribution in [0.3, 0.4) is 0 Å². The lowest BCUT2D eigenvalue weighted by Gasteiger charge is -2.04. The molecule has 3 heterocycles. The molecule has 24 heavy (non-hydrogen) atoms. The number of imidazole rings is 1. The third kappa shape index (κ3) is 2.57. The predicted molar refractivity (Wildman–Crippen MR) is 93.4 cm³/mol. The molecule has 9 heteroatoms. The molecule has 0 radical (unpaired) electrons. The zero-order chi connectivity index (χ0) is 16.7. The molecule has 0 aliphatic carbocycles. The molecule has 0 spiro atoms. The Labute approximate surface area is 142 Å². The Balaban J connectivity index is 1.75. The summed E-state index contributed by atoms with van der Waals surface area (Å²) in [6.07, 6.45) is 1.49. The zero-order valence-corrected chi connectivity index (χ0v) is 14.2. The maximum Gasteiger partial charge on any atom is 0.267 e. The molecule has 0 atom stereocenters. The largest absolute Gasteiger partial charge is 0.323 e. The Morgan fingerprint density at radius 1 is 1.21 bits per heavy atom. The number of rotatable bonds is 4. The number of benzene rings is 1. The van der Waals surface area contributed by atoms with E-state index in [0.29, 0.717) is 11.2 Å². The third-order valence-corrected chi connectivity index (χ3v) is 5.68. The van der Waals surface area contributed by atoms with Gasteiger partial charge in [0.05, 0.1) is 15.9 Å². The van der Waals surface area contributed by atoms with Gasteiger partial charge < -0.3 is 4.98 Å². The number of aromatic amines is 1. The standard InChI is InChI=1S/C15H13N5O2S2/c1-20-9-13(14(18-20)12-7-4-8-23-12)24(21,22)19-15-16-10-5-2-3-6-11(10)17-15/h2-9H,1H3,(H2,16,17,19). The first-order chi connectivity index (χ1) is 11.5. The molecule has 1 aromatic carbocycles. The summed E-state index contributed by atoms with van der Waals surface area (Å²) in [6, 6.07) is 11.0. The average Bonchev–Trinajstić information content (AvgIpc) is 3.24. The van der Waals surface area contributed by atoms with Crippen molar-refractivity contribution in [3.8, 4) is 10.6 Å². The number of anilines is 1. The lowest BCUT2D eigenvalue weighted by molar-refractivity contribution is 0.601. The smallest absolute Gasteiger partial charge is 0.267 e. The number of aromatic nitrogens is 4. The molecule has 7 nitrogen and oxygen atoms in total. The molecule has 0 amide bonds. The molecular weight excluding hydrogens is 346 g/mol. The Kier molecular flexibility index (Phi) is 3.39. The van der Waals surface area contributed by atoms with Gasteiger partial charge in [-0.2, -0.15) is 5.10 Å². The van der Waals surface area contributed by atoms with Crippen LogP contribution in [-0.4, -0.2) is 28.2 Å². The number of nitrogens with zero attached hydrogens (tertiary/aromatic N) is 3. The summed E-state index contributed by atoms with van der Waals surface area (Å²) in [7, 11) is -2.13. The van der Waals surface area contributed by atoms with Gasteiger partial charge >= 0.3 is 0 Å². The van der Waals surface area contributed by atoms with Gasteiger partial charge in [0, 0.05) is 13.2 Å². The lowest BCUT2D eigenvalue weighted by atomic mass is 10.3. The van der Waals surface area contributed by atoms with Gasteiger partial charge in [0.25, 0.3) is 10.0 Å². The van der Waals surface area contributed by atoms with Crippen molar-refractivity contribution in [2.24, 2.45) is 7.05 Å². The van der Waals surface area contributed by atoms with Crippen LogP contribution in [0.1, 0.15) is 0 Å². The first-order valence-corrected chi connectivity index (χ1v) is 9.44. The summed E-state index contributed by atoms with van der Waals surface area (Å²) in [5, 5.41) is 6.16. The number of thiophene rings is 1. The fourth-order valence-corrected chi connectivity index (χ4v) is 4.38. The fourth-order valence-electron chi connectivity index (χ4n) is 2.43. The second-order valence-corrected chi connectivity index (χ2v) is 7.80. The molecule has 3 aromatic heterocycles. The summed E-state index contributed by atoms with van der Waals surface area (Å²) in [4.78, 5) is 8.12. The van der Waals surface area contributed by atoms with E-state index in [0.717, 1.165) is 10.4 Å². The van der Waals surface area contributed by atoms with Crippen molar-refractivity contribution in [3.05, 3.63) is 48.0 Å². The van der Waals surface area contributed by atoms with Gasteiger partial charge in [0.2, 0.25) is 5.95 Å². The first kappa shape index (κ1) is 14.9. The van der Waals surface area contributed by atoms with E-state index in [2.05, 4.69) is 19.8 Å². The second-order valence-electron chi connectivity index (χ2n) is 5.20. The molecule has 4 aromatic rings. The fraction of sp³-hybridized carbons (Fsp3) is 0.0667. The Morgan fingerprint density at radius 2 is 2.04 bits per heavy atom. The molecule has 0 bridgehead atoms. The van der Waals surface area contributed by atoms with Gasteiger partial charge in [-0.15, -0.1) is 11.3 Å². The zero-order valence-electron chi connectivity index (χ0n) is 12.6. The van der Waals surface area contributed by atoms with Crippen molar-refractivity contribution in [1.82, 2.24) is 19.7 Å². The summed E-state index contributed by atoms with van der Waals surface area (Å²) in [5.74, 6) is 0.178.